The Morgan fingerprint density at radius 1 is 1.55 bits per heavy atom. The maximum absolute atomic E-state index is 12.0. The highest BCUT2D eigenvalue weighted by Crippen LogP contribution is 2.29. The average Bonchev–Trinajstić information content (AvgIpc) is 2.44. The van der Waals surface area contributed by atoms with E-state index in [2.05, 4.69) is 5.32 Å². The lowest BCUT2D eigenvalue weighted by atomic mass is 10.0. The Labute approximate surface area is 117 Å². The quantitative estimate of drug-likeness (QED) is 0.586. The van der Waals surface area contributed by atoms with E-state index in [-0.39, 0.29) is 23.3 Å². The zero-order valence-corrected chi connectivity index (χ0v) is 11.6. The van der Waals surface area contributed by atoms with Crippen LogP contribution in [-0.4, -0.2) is 24.5 Å². The smallest absolute Gasteiger partial charge is 0.273 e. The largest absolute Gasteiger partial charge is 0.494 e. The van der Waals surface area contributed by atoms with Gasteiger partial charge in [0, 0.05) is 12.0 Å². The van der Waals surface area contributed by atoms with Crippen LogP contribution in [0.15, 0.2) is 18.2 Å². The molecule has 0 saturated carbocycles. The number of amides is 1. The fraction of sp³-hybridized carbons (Fsp3) is 0.462. The molecule has 0 fully saturated rings. The van der Waals surface area contributed by atoms with E-state index in [1.807, 2.05) is 6.92 Å². The van der Waals surface area contributed by atoms with Crippen LogP contribution in [0, 0.1) is 16.0 Å². The van der Waals surface area contributed by atoms with E-state index in [0.29, 0.717) is 18.7 Å². The van der Waals surface area contributed by atoms with Crippen LogP contribution in [0.4, 0.5) is 11.4 Å². The molecule has 1 rings (SSSR count). The zero-order valence-electron chi connectivity index (χ0n) is 11.6. The van der Waals surface area contributed by atoms with E-state index in [0.717, 1.165) is 6.42 Å². The number of ether oxygens (including phenoxy) is 1. The van der Waals surface area contributed by atoms with Gasteiger partial charge in [-0.05, 0) is 25.5 Å². The lowest BCUT2D eigenvalue weighted by Crippen LogP contribution is -2.21. The number of hydrogen-bond acceptors (Lipinski definition) is 5. The predicted molar refractivity (Wildman–Crippen MR) is 75.7 cm³/mol. The number of nitro groups is 1. The number of anilines is 1. The van der Waals surface area contributed by atoms with Gasteiger partial charge in [-0.2, -0.15) is 0 Å². The van der Waals surface area contributed by atoms with Crippen LogP contribution in [0.1, 0.15) is 19.8 Å². The lowest BCUT2D eigenvalue weighted by molar-refractivity contribution is -0.384. The molecular weight excluding hydrogens is 262 g/mol. The molecule has 3 N–H and O–H groups in total. The molecule has 7 nitrogen and oxygen atoms in total. The number of nitrogens with one attached hydrogen (secondary N) is 1. The molecule has 0 heterocycles. The van der Waals surface area contributed by atoms with Crippen molar-refractivity contribution < 1.29 is 14.5 Å². The van der Waals surface area contributed by atoms with E-state index in [1.165, 1.54) is 25.3 Å². The van der Waals surface area contributed by atoms with E-state index >= 15 is 0 Å². The lowest BCUT2D eigenvalue weighted by Gasteiger charge is -2.13. The molecule has 0 spiro atoms. The van der Waals surface area contributed by atoms with E-state index in [9.17, 15) is 14.9 Å². The number of benzene rings is 1. The Balaban J connectivity index is 2.81. The van der Waals surface area contributed by atoms with Gasteiger partial charge >= 0.3 is 0 Å². The zero-order chi connectivity index (χ0) is 15.1. The molecule has 0 bridgehead atoms. The highest BCUT2D eigenvalue weighted by atomic mass is 16.6. The molecule has 0 aromatic heterocycles. The summed E-state index contributed by atoms with van der Waals surface area (Å²) in [7, 11) is 1.40. The van der Waals surface area contributed by atoms with Gasteiger partial charge in [-0.15, -0.1) is 0 Å². The first kappa shape index (κ1) is 15.9. The maximum Gasteiger partial charge on any atom is 0.273 e. The van der Waals surface area contributed by atoms with Gasteiger partial charge in [0.2, 0.25) is 5.91 Å². The Hall–Kier alpha value is -2.15. The summed E-state index contributed by atoms with van der Waals surface area (Å²) in [5.74, 6) is -0.0809. The molecule has 1 atom stereocenters. The number of methoxy groups -OCH3 is 1. The number of rotatable bonds is 7. The fourth-order valence-corrected chi connectivity index (χ4v) is 1.71. The third kappa shape index (κ3) is 4.20. The van der Waals surface area contributed by atoms with Crippen LogP contribution >= 0.6 is 0 Å². The topological polar surface area (TPSA) is 107 Å². The first-order chi connectivity index (χ1) is 9.49. The molecule has 1 aromatic carbocycles. The van der Waals surface area contributed by atoms with Gasteiger partial charge in [-0.1, -0.05) is 6.92 Å². The number of carbonyl (C=O) groups excluding carboxylic acids is 1. The van der Waals surface area contributed by atoms with Crippen LogP contribution < -0.4 is 15.8 Å². The Bertz CT molecular complexity index is 491. The van der Waals surface area contributed by atoms with Crippen LogP contribution in [0.5, 0.6) is 5.75 Å². The summed E-state index contributed by atoms with van der Waals surface area (Å²) in [6.45, 7) is 2.35. The second kappa shape index (κ2) is 7.44. The third-order valence-electron chi connectivity index (χ3n) is 2.94. The minimum atomic E-state index is -0.516. The van der Waals surface area contributed by atoms with Crippen molar-refractivity contribution in [2.75, 3.05) is 19.0 Å². The molecule has 0 saturated heterocycles. The molecule has 0 aliphatic rings. The number of nitro benzene ring substituents is 1. The standard InChI is InChI=1S/C13H19N3O4/c1-9(4-3-7-14)13(17)15-11-6-5-10(16(18)19)8-12(11)20-2/h5-6,8-9H,3-4,7,14H2,1-2H3,(H,15,17). The van der Waals surface area contributed by atoms with Crippen LogP contribution in [0.25, 0.3) is 0 Å². The van der Waals surface area contributed by atoms with Crippen molar-refractivity contribution in [1.29, 1.82) is 0 Å². The van der Waals surface area contributed by atoms with Crippen LogP contribution in [-0.2, 0) is 4.79 Å². The van der Waals surface area contributed by atoms with Gasteiger partial charge in [0.05, 0.1) is 23.8 Å². The number of non-ortho nitro benzene ring substituents is 1. The van der Waals surface area contributed by atoms with Crippen molar-refractivity contribution in [3.8, 4) is 5.75 Å². The molecule has 1 aromatic rings. The highest BCUT2D eigenvalue weighted by molar-refractivity contribution is 5.93. The van der Waals surface area contributed by atoms with E-state index in [4.69, 9.17) is 10.5 Å². The molecule has 1 amide bonds. The van der Waals surface area contributed by atoms with Crippen molar-refractivity contribution >= 4 is 17.3 Å². The maximum atomic E-state index is 12.0. The summed E-state index contributed by atoms with van der Waals surface area (Å²) >= 11 is 0. The number of hydrogen-bond donors (Lipinski definition) is 2. The second-order valence-electron chi connectivity index (χ2n) is 4.46. The first-order valence-corrected chi connectivity index (χ1v) is 6.33. The normalized spacial score (nSPS) is 11.8. The number of nitrogens with zero attached hydrogens (tertiary/aromatic N) is 1. The number of nitrogens with two attached hydrogens (primary N) is 1. The SMILES string of the molecule is COc1cc([N+](=O)[O-])ccc1NC(=O)C(C)CCCN. The van der Waals surface area contributed by atoms with Gasteiger partial charge in [-0.25, -0.2) is 0 Å². The molecular formula is C13H19N3O4. The summed E-state index contributed by atoms with van der Waals surface area (Å²) in [5, 5.41) is 13.4. The minimum Gasteiger partial charge on any atom is -0.494 e. The van der Waals surface area contributed by atoms with Gasteiger partial charge in [-0.3, -0.25) is 14.9 Å². The van der Waals surface area contributed by atoms with Gasteiger partial charge < -0.3 is 15.8 Å². The molecule has 0 aliphatic heterocycles. The summed E-state index contributed by atoms with van der Waals surface area (Å²) in [6.07, 6.45) is 1.46. The Morgan fingerprint density at radius 2 is 2.25 bits per heavy atom. The first-order valence-electron chi connectivity index (χ1n) is 6.33. The average molecular weight is 281 g/mol. The van der Waals surface area contributed by atoms with Crippen molar-refractivity contribution in [3.05, 3.63) is 28.3 Å². The molecule has 110 valence electrons. The van der Waals surface area contributed by atoms with Crippen molar-refractivity contribution in [1.82, 2.24) is 0 Å². The van der Waals surface area contributed by atoms with Crippen LogP contribution in [0.3, 0.4) is 0 Å². The Morgan fingerprint density at radius 3 is 2.80 bits per heavy atom. The summed E-state index contributed by atoms with van der Waals surface area (Å²) in [4.78, 5) is 22.1. The summed E-state index contributed by atoms with van der Waals surface area (Å²) < 4.78 is 5.06. The number of carbonyl (C=O) groups is 1. The van der Waals surface area contributed by atoms with Gasteiger partial charge in [0.25, 0.3) is 5.69 Å². The van der Waals surface area contributed by atoms with Gasteiger partial charge in [0.1, 0.15) is 5.75 Å². The molecule has 0 aliphatic carbocycles. The second-order valence-corrected chi connectivity index (χ2v) is 4.46. The minimum absolute atomic E-state index is 0.0870. The van der Waals surface area contributed by atoms with Crippen molar-refractivity contribution in [2.24, 2.45) is 11.7 Å². The summed E-state index contributed by atoms with van der Waals surface area (Å²) in [6, 6.07) is 4.06. The molecule has 7 heteroatoms. The fourth-order valence-electron chi connectivity index (χ4n) is 1.71. The Kier molecular flexibility index (Phi) is 5.92. The van der Waals surface area contributed by atoms with Gasteiger partial charge in [0.15, 0.2) is 0 Å². The molecule has 20 heavy (non-hydrogen) atoms. The molecule has 1 unspecified atom stereocenters. The van der Waals surface area contributed by atoms with Crippen molar-refractivity contribution in [3.63, 3.8) is 0 Å². The van der Waals surface area contributed by atoms with Crippen molar-refractivity contribution in [2.45, 2.75) is 19.8 Å². The van der Waals surface area contributed by atoms with Crippen LogP contribution in [0.2, 0.25) is 0 Å². The molecule has 0 radical (unpaired) electrons. The summed E-state index contributed by atoms with van der Waals surface area (Å²) in [5.41, 5.74) is 5.74. The predicted octanol–water partition coefficient (Wildman–Crippen LogP) is 1.92. The van der Waals surface area contributed by atoms with E-state index in [1.54, 1.807) is 0 Å². The highest BCUT2D eigenvalue weighted by Gasteiger charge is 2.16. The monoisotopic (exact) mass is 281 g/mol. The third-order valence-corrected chi connectivity index (χ3v) is 2.94. The van der Waals surface area contributed by atoms with E-state index < -0.39 is 4.92 Å².